The molecule has 0 aliphatic heterocycles. The second-order valence-corrected chi connectivity index (χ2v) is 7.45. The van der Waals surface area contributed by atoms with Gasteiger partial charge in [-0.2, -0.15) is 0 Å². The fourth-order valence-electron chi connectivity index (χ4n) is 3.51. The molecule has 3 heteroatoms. The monoisotopic (exact) mass is 306 g/mol. The van der Waals surface area contributed by atoms with E-state index >= 15 is 0 Å². The largest absolute Gasteiger partial charge is 0.294 e. The average Bonchev–Trinajstić information content (AvgIpc) is 2.99. The number of thiazole rings is 1. The second-order valence-electron chi connectivity index (χ2n) is 6.58. The zero-order valence-electron chi connectivity index (χ0n) is 14.1. The van der Waals surface area contributed by atoms with Crippen LogP contribution in [0.1, 0.15) is 83.5 Å². The summed E-state index contributed by atoms with van der Waals surface area (Å²) < 4.78 is 2.35. The Bertz CT molecular complexity index is 543. The van der Waals surface area contributed by atoms with Crippen LogP contribution < -0.4 is 0 Å². The Hall–Kier alpha value is -0.830. The Morgan fingerprint density at radius 3 is 2.29 bits per heavy atom. The summed E-state index contributed by atoms with van der Waals surface area (Å²) in [4.78, 5) is 5.93. The first kappa shape index (κ1) is 16.5. The van der Waals surface area contributed by atoms with Gasteiger partial charge in [-0.15, -0.1) is 11.3 Å². The van der Waals surface area contributed by atoms with Crippen LogP contribution in [0.25, 0.3) is 4.96 Å². The van der Waals surface area contributed by atoms with E-state index in [4.69, 9.17) is 4.98 Å². The molecule has 2 aromatic heterocycles. The highest BCUT2D eigenvalue weighted by Crippen LogP contribution is 2.38. The van der Waals surface area contributed by atoms with E-state index in [0.717, 1.165) is 4.96 Å². The van der Waals surface area contributed by atoms with Crippen LogP contribution in [-0.4, -0.2) is 9.38 Å². The van der Waals surface area contributed by atoms with Crippen molar-refractivity contribution < 1.29 is 0 Å². The number of rotatable bonds is 9. The van der Waals surface area contributed by atoms with Gasteiger partial charge in [0.15, 0.2) is 4.96 Å². The predicted molar refractivity (Wildman–Crippen MR) is 93.4 cm³/mol. The summed E-state index contributed by atoms with van der Waals surface area (Å²) in [5, 5.41) is 2.16. The Labute approximate surface area is 133 Å². The highest BCUT2D eigenvalue weighted by atomic mass is 32.1. The minimum Gasteiger partial charge on any atom is -0.294 e. The van der Waals surface area contributed by atoms with E-state index in [-0.39, 0.29) is 5.41 Å². The first-order valence-corrected chi connectivity index (χ1v) is 9.43. The zero-order chi connectivity index (χ0) is 15.3. The molecule has 0 saturated heterocycles. The molecule has 0 fully saturated rings. The van der Waals surface area contributed by atoms with E-state index < -0.39 is 0 Å². The van der Waals surface area contributed by atoms with E-state index in [2.05, 4.69) is 43.7 Å². The van der Waals surface area contributed by atoms with Crippen LogP contribution >= 0.6 is 11.3 Å². The van der Waals surface area contributed by atoms with Gasteiger partial charge in [-0.25, -0.2) is 4.98 Å². The molecule has 0 spiro atoms. The molecule has 0 aliphatic rings. The van der Waals surface area contributed by atoms with Crippen LogP contribution in [0.3, 0.4) is 0 Å². The van der Waals surface area contributed by atoms with Crippen LogP contribution in [0.4, 0.5) is 0 Å². The summed E-state index contributed by atoms with van der Waals surface area (Å²) in [5.41, 5.74) is 2.97. The summed E-state index contributed by atoms with van der Waals surface area (Å²) in [5.74, 6) is 0. The molecule has 0 aliphatic carbocycles. The van der Waals surface area contributed by atoms with E-state index in [9.17, 15) is 0 Å². The molecule has 0 saturated carbocycles. The number of aryl methyl sites for hydroxylation is 1. The van der Waals surface area contributed by atoms with Crippen LogP contribution in [0.15, 0.2) is 11.6 Å². The molecule has 0 amide bonds. The number of unbranched alkanes of at least 4 members (excludes halogenated alkanes) is 4. The van der Waals surface area contributed by atoms with Gasteiger partial charge >= 0.3 is 0 Å². The maximum Gasteiger partial charge on any atom is 0.194 e. The smallest absolute Gasteiger partial charge is 0.194 e. The van der Waals surface area contributed by atoms with E-state index in [0.29, 0.717) is 0 Å². The topological polar surface area (TPSA) is 17.3 Å². The number of imidazole rings is 1. The van der Waals surface area contributed by atoms with E-state index in [1.54, 1.807) is 11.3 Å². The quantitative estimate of drug-likeness (QED) is 0.510. The third-order valence-electron chi connectivity index (χ3n) is 4.67. The van der Waals surface area contributed by atoms with Crippen LogP contribution in [0.2, 0.25) is 0 Å². The molecule has 0 N–H and O–H groups in total. The molecule has 2 rings (SSSR count). The van der Waals surface area contributed by atoms with Crippen molar-refractivity contribution in [3.8, 4) is 0 Å². The molecule has 0 unspecified atom stereocenters. The first-order chi connectivity index (χ1) is 10.1. The highest BCUT2D eigenvalue weighted by Gasteiger charge is 2.31. The Morgan fingerprint density at radius 1 is 1.10 bits per heavy atom. The van der Waals surface area contributed by atoms with Gasteiger partial charge in [0.25, 0.3) is 0 Å². The second kappa shape index (κ2) is 7.44. The fraction of sp³-hybridized carbons (Fsp3) is 0.722. The van der Waals surface area contributed by atoms with Crippen molar-refractivity contribution in [1.82, 2.24) is 9.38 Å². The predicted octanol–water partition coefficient (Wildman–Crippen LogP) is 6.12. The maximum atomic E-state index is 4.78. The SMILES string of the molecule is CCCCCC(C)(CCCCC)c1c(C)nc2sccn12. The van der Waals surface area contributed by atoms with Crippen LogP contribution in [0.5, 0.6) is 0 Å². The number of hydrogen-bond donors (Lipinski definition) is 0. The van der Waals surface area contributed by atoms with Gasteiger partial charge in [0, 0.05) is 17.0 Å². The molecular formula is C18H30N2S. The number of aromatic nitrogens is 2. The molecule has 0 aromatic carbocycles. The molecule has 2 nitrogen and oxygen atoms in total. The number of hydrogen-bond acceptors (Lipinski definition) is 2. The molecule has 118 valence electrons. The lowest BCUT2D eigenvalue weighted by atomic mass is 9.76. The molecular weight excluding hydrogens is 276 g/mol. The number of nitrogens with zero attached hydrogens (tertiary/aromatic N) is 2. The van der Waals surface area contributed by atoms with Gasteiger partial charge in [0.2, 0.25) is 0 Å². The molecule has 2 aromatic rings. The molecule has 0 radical (unpaired) electrons. The lowest BCUT2D eigenvalue weighted by Gasteiger charge is -2.30. The Balaban J connectivity index is 2.28. The molecule has 2 heterocycles. The lowest BCUT2D eigenvalue weighted by molar-refractivity contribution is 0.355. The van der Waals surface area contributed by atoms with Gasteiger partial charge in [-0.3, -0.25) is 4.40 Å². The average molecular weight is 307 g/mol. The maximum absolute atomic E-state index is 4.78. The fourth-order valence-corrected chi connectivity index (χ4v) is 4.27. The summed E-state index contributed by atoms with van der Waals surface area (Å²) in [6.07, 6.45) is 12.7. The van der Waals surface area contributed by atoms with Crippen molar-refractivity contribution in [1.29, 1.82) is 0 Å². The third kappa shape index (κ3) is 3.68. The summed E-state index contributed by atoms with van der Waals surface area (Å²) in [6.45, 7) is 9.23. The molecule has 21 heavy (non-hydrogen) atoms. The van der Waals surface area contributed by atoms with Crippen molar-refractivity contribution in [3.05, 3.63) is 23.0 Å². The van der Waals surface area contributed by atoms with Crippen molar-refractivity contribution in [2.75, 3.05) is 0 Å². The van der Waals surface area contributed by atoms with Crippen LogP contribution in [-0.2, 0) is 5.41 Å². The summed E-state index contributed by atoms with van der Waals surface area (Å²) >= 11 is 1.75. The minimum absolute atomic E-state index is 0.273. The van der Waals surface area contributed by atoms with Crippen molar-refractivity contribution in [2.24, 2.45) is 0 Å². The zero-order valence-corrected chi connectivity index (χ0v) is 14.9. The lowest BCUT2D eigenvalue weighted by Crippen LogP contribution is -2.25. The molecule has 0 bridgehead atoms. The minimum atomic E-state index is 0.273. The van der Waals surface area contributed by atoms with Crippen molar-refractivity contribution in [2.45, 2.75) is 84.5 Å². The van der Waals surface area contributed by atoms with E-state index in [1.807, 2.05) is 0 Å². The Morgan fingerprint density at radius 2 is 1.71 bits per heavy atom. The first-order valence-electron chi connectivity index (χ1n) is 8.55. The summed E-state index contributed by atoms with van der Waals surface area (Å²) in [7, 11) is 0. The normalized spacial score (nSPS) is 12.4. The van der Waals surface area contributed by atoms with Crippen molar-refractivity contribution >= 4 is 16.3 Å². The van der Waals surface area contributed by atoms with Gasteiger partial charge in [-0.05, 0) is 19.8 Å². The summed E-state index contributed by atoms with van der Waals surface area (Å²) in [6, 6.07) is 0. The van der Waals surface area contributed by atoms with Gasteiger partial charge < -0.3 is 0 Å². The third-order valence-corrected chi connectivity index (χ3v) is 5.43. The highest BCUT2D eigenvalue weighted by molar-refractivity contribution is 7.15. The number of fused-ring (bicyclic) bond motifs is 1. The van der Waals surface area contributed by atoms with Gasteiger partial charge in [-0.1, -0.05) is 59.3 Å². The standard InChI is InChI=1S/C18H30N2S/c1-5-7-9-11-18(4,12-10-8-6-2)16-15(3)19-17-20(16)13-14-21-17/h13-14H,5-12H2,1-4H3. The van der Waals surface area contributed by atoms with Crippen LogP contribution in [0, 0.1) is 6.92 Å². The Kier molecular flexibility index (Phi) is 5.86. The van der Waals surface area contributed by atoms with Gasteiger partial charge in [0.05, 0.1) is 11.4 Å². The van der Waals surface area contributed by atoms with Crippen molar-refractivity contribution in [3.63, 3.8) is 0 Å². The van der Waals surface area contributed by atoms with Gasteiger partial charge in [0.1, 0.15) is 0 Å². The molecule has 0 atom stereocenters. The van der Waals surface area contributed by atoms with E-state index in [1.165, 1.54) is 62.8 Å².